The predicted molar refractivity (Wildman–Crippen MR) is 67.1 cm³/mol. The molecule has 17 heavy (non-hydrogen) atoms. The van der Waals surface area contributed by atoms with Crippen LogP contribution in [0.1, 0.15) is 12.5 Å². The first-order valence-electron chi connectivity index (χ1n) is 5.48. The number of ether oxygens (including phenoxy) is 2. The number of H-pyrrole nitrogens is 1. The van der Waals surface area contributed by atoms with Gasteiger partial charge < -0.3 is 14.5 Å². The van der Waals surface area contributed by atoms with Crippen LogP contribution < -0.4 is 15.0 Å². The van der Waals surface area contributed by atoms with E-state index in [1.54, 1.807) is 20.3 Å². The van der Waals surface area contributed by atoms with Crippen LogP contribution in [0.15, 0.2) is 23.0 Å². The van der Waals surface area contributed by atoms with Gasteiger partial charge in [0.2, 0.25) is 0 Å². The Bertz CT molecular complexity index is 601. The number of methoxy groups -OCH3 is 2. The first-order valence-corrected chi connectivity index (χ1v) is 5.48. The fraction of sp³-hybridized carbons (Fsp3) is 0.308. The van der Waals surface area contributed by atoms with Crippen LogP contribution in [-0.2, 0) is 6.42 Å². The molecular weight excluding hydrogens is 218 g/mol. The highest BCUT2D eigenvalue weighted by Gasteiger charge is 2.10. The predicted octanol–water partition coefficient (Wildman–Crippen LogP) is 2.11. The third kappa shape index (κ3) is 1.86. The Balaban J connectivity index is 2.86. The Morgan fingerprint density at radius 3 is 2.41 bits per heavy atom. The third-order valence-corrected chi connectivity index (χ3v) is 2.84. The second-order valence-corrected chi connectivity index (χ2v) is 3.74. The lowest BCUT2D eigenvalue weighted by molar-refractivity contribution is 0.409. The summed E-state index contributed by atoms with van der Waals surface area (Å²) < 4.78 is 10.5. The van der Waals surface area contributed by atoms with Gasteiger partial charge >= 0.3 is 0 Å². The molecule has 0 amide bonds. The van der Waals surface area contributed by atoms with Crippen LogP contribution in [0.4, 0.5) is 0 Å². The number of benzene rings is 1. The number of hydrogen-bond donors (Lipinski definition) is 1. The molecule has 0 spiro atoms. The maximum absolute atomic E-state index is 11.8. The summed E-state index contributed by atoms with van der Waals surface area (Å²) in [6, 6.07) is 5.47. The fourth-order valence-electron chi connectivity index (χ4n) is 1.90. The molecule has 0 bridgehead atoms. The zero-order valence-electron chi connectivity index (χ0n) is 10.2. The molecule has 1 heterocycles. The van der Waals surface area contributed by atoms with Crippen molar-refractivity contribution in [3.8, 4) is 11.5 Å². The van der Waals surface area contributed by atoms with Gasteiger partial charge in [0.15, 0.2) is 0 Å². The number of aromatic amines is 1. The number of aryl methyl sites for hydroxylation is 1. The Labute approximate surface area is 99.2 Å². The maximum atomic E-state index is 11.8. The SMILES string of the molecule is CCc1cc2c(OC)ccc(OC)c2[nH]c1=O. The van der Waals surface area contributed by atoms with Crippen LogP contribution in [0.2, 0.25) is 0 Å². The molecule has 0 saturated carbocycles. The molecule has 0 aliphatic heterocycles. The van der Waals surface area contributed by atoms with Gasteiger partial charge in [0.05, 0.1) is 19.7 Å². The molecule has 1 aromatic carbocycles. The molecule has 90 valence electrons. The summed E-state index contributed by atoms with van der Waals surface area (Å²) in [5.41, 5.74) is 1.34. The van der Waals surface area contributed by atoms with Gasteiger partial charge in [-0.3, -0.25) is 4.79 Å². The molecule has 4 nitrogen and oxygen atoms in total. The highest BCUT2D eigenvalue weighted by atomic mass is 16.5. The molecule has 0 aliphatic rings. The van der Waals surface area contributed by atoms with Crippen molar-refractivity contribution in [1.82, 2.24) is 4.98 Å². The highest BCUT2D eigenvalue weighted by molar-refractivity contribution is 5.90. The van der Waals surface area contributed by atoms with E-state index in [1.807, 2.05) is 19.1 Å². The number of pyridine rings is 1. The Morgan fingerprint density at radius 1 is 1.18 bits per heavy atom. The molecule has 1 aromatic heterocycles. The van der Waals surface area contributed by atoms with Gasteiger partial charge in [0.25, 0.3) is 5.56 Å². The highest BCUT2D eigenvalue weighted by Crippen LogP contribution is 2.31. The van der Waals surface area contributed by atoms with Gasteiger partial charge in [-0.15, -0.1) is 0 Å². The van der Waals surface area contributed by atoms with Gasteiger partial charge in [-0.1, -0.05) is 6.92 Å². The molecule has 0 atom stereocenters. The number of fused-ring (bicyclic) bond motifs is 1. The summed E-state index contributed by atoms with van der Waals surface area (Å²) >= 11 is 0. The fourth-order valence-corrected chi connectivity index (χ4v) is 1.90. The van der Waals surface area contributed by atoms with Crippen molar-refractivity contribution < 1.29 is 9.47 Å². The first-order chi connectivity index (χ1) is 8.21. The van der Waals surface area contributed by atoms with Crippen LogP contribution in [-0.4, -0.2) is 19.2 Å². The molecule has 0 radical (unpaired) electrons. The Hall–Kier alpha value is -1.97. The van der Waals surface area contributed by atoms with Gasteiger partial charge in [-0.25, -0.2) is 0 Å². The quantitative estimate of drug-likeness (QED) is 0.883. The van der Waals surface area contributed by atoms with E-state index in [-0.39, 0.29) is 5.56 Å². The van der Waals surface area contributed by atoms with Gasteiger partial charge in [0.1, 0.15) is 11.5 Å². The second kappa shape index (κ2) is 4.49. The second-order valence-electron chi connectivity index (χ2n) is 3.74. The van der Waals surface area contributed by atoms with E-state index >= 15 is 0 Å². The van der Waals surface area contributed by atoms with Gasteiger partial charge in [-0.05, 0) is 24.6 Å². The summed E-state index contributed by atoms with van der Waals surface area (Å²) in [6.07, 6.45) is 0.686. The summed E-state index contributed by atoms with van der Waals surface area (Å²) in [7, 11) is 3.19. The zero-order valence-corrected chi connectivity index (χ0v) is 10.2. The summed E-state index contributed by atoms with van der Waals surface area (Å²) in [5.74, 6) is 1.37. The van der Waals surface area contributed by atoms with Crippen molar-refractivity contribution in [2.75, 3.05) is 14.2 Å². The zero-order chi connectivity index (χ0) is 12.4. The molecule has 0 saturated heterocycles. The summed E-state index contributed by atoms with van der Waals surface area (Å²) in [6.45, 7) is 1.95. The van der Waals surface area contributed by atoms with E-state index in [4.69, 9.17) is 9.47 Å². The van der Waals surface area contributed by atoms with E-state index in [1.165, 1.54) is 0 Å². The Kier molecular flexibility index (Phi) is 3.04. The molecule has 0 fully saturated rings. The van der Waals surface area contributed by atoms with Crippen LogP contribution >= 0.6 is 0 Å². The average molecular weight is 233 g/mol. The molecule has 0 aliphatic carbocycles. The van der Waals surface area contributed by atoms with Crippen molar-refractivity contribution in [1.29, 1.82) is 0 Å². The van der Waals surface area contributed by atoms with Crippen LogP contribution in [0.25, 0.3) is 10.9 Å². The maximum Gasteiger partial charge on any atom is 0.251 e. The average Bonchev–Trinajstić information content (AvgIpc) is 2.36. The molecule has 1 N–H and O–H groups in total. The van der Waals surface area contributed by atoms with Crippen molar-refractivity contribution in [3.05, 3.63) is 34.1 Å². The third-order valence-electron chi connectivity index (χ3n) is 2.84. The largest absolute Gasteiger partial charge is 0.496 e. The normalized spacial score (nSPS) is 10.5. The minimum absolute atomic E-state index is 0.0773. The van der Waals surface area contributed by atoms with Crippen molar-refractivity contribution in [2.24, 2.45) is 0 Å². The van der Waals surface area contributed by atoms with Crippen molar-refractivity contribution in [2.45, 2.75) is 13.3 Å². The van der Waals surface area contributed by atoms with Crippen molar-refractivity contribution >= 4 is 10.9 Å². The van der Waals surface area contributed by atoms with E-state index in [0.29, 0.717) is 17.7 Å². The van der Waals surface area contributed by atoms with Crippen molar-refractivity contribution in [3.63, 3.8) is 0 Å². The first kappa shape index (κ1) is 11.5. The number of aromatic nitrogens is 1. The summed E-state index contributed by atoms with van der Waals surface area (Å²) in [4.78, 5) is 14.6. The molecular formula is C13H15NO3. The van der Waals surface area contributed by atoms with E-state index in [2.05, 4.69) is 4.98 Å². The molecule has 0 unspecified atom stereocenters. The number of nitrogens with one attached hydrogen (secondary N) is 1. The minimum Gasteiger partial charge on any atom is -0.496 e. The number of hydrogen-bond acceptors (Lipinski definition) is 3. The lowest BCUT2D eigenvalue weighted by Gasteiger charge is -2.10. The minimum atomic E-state index is -0.0773. The standard InChI is InChI=1S/C13H15NO3/c1-4-8-7-9-10(16-2)5-6-11(17-3)12(9)14-13(8)15/h5-7H,4H2,1-3H3,(H,14,15). The lowest BCUT2D eigenvalue weighted by Crippen LogP contribution is -2.12. The Morgan fingerprint density at radius 2 is 1.82 bits per heavy atom. The molecule has 2 rings (SSSR count). The van der Waals surface area contributed by atoms with E-state index in [0.717, 1.165) is 16.7 Å². The van der Waals surface area contributed by atoms with Crippen LogP contribution in [0.5, 0.6) is 11.5 Å². The van der Waals surface area contributed by atoms with Crippen LogP contribution in [0.3, 0.4) is 0 Å². The van der Waals surface area contributed by atoms with E-state index in [9.17, 15) is 4.79 Å². The summed E-state index contributed by atoms with van der Waals surface area (Å²) in [5, 5.41) is 0.864. The molecule has 4 heteroatoms. The van der Waals surface area contributed by atoms with Gasteiger partial charge in [0, 0.05) is 10.9 Å². The van der Waals surface area contributed by atoms with E-state index < -0.39 is 0 Å². The van der Waals surface area contributed by atoms with Gasteiger partial charge in [-0.2, -0.15) is 0 Å². The number of rotatable bonds is 3. The smallest absolute Gasteiger partial charge is 0.251 e. The molecule has 2 aromatic rings. The topological polar surface area (TPSA) is 51.3 Å². The lowest BCUT2D eigenvalue weighted by atomic mass is 10.1. The van der Waals surface area contributed by atoms with Crippen LogP contribution in [0, 0.1) is 0 Å². The monoisotopic (exact) mass is 233 g/mol.